The molecule has 6 nitrogen and oxygen atoms in total. The summed E-state index contributed by atoms with van der Waals surface area (Å²) >= 11 is 5.85. The number of hydrogen-bond acceptors (Lipinski definition) is 6. The van der Waals surface area contributed by atoms with Gasteiger partial charge < -0.3 is 25.8 Å². The molecule has 4 N–H and O–H groups in total. The van der Waals surface area contributed by atoms with Crippen molar-refractivity contribution >= 4 is 35.0 Å². The molecule has 26 heavy (non-hydrogen) atoms. The molecule has 2 unspecified atom stereocenters. The van der Waals surface area contributed by atoms with Crippen LogP contribution in [0.5, 0.6) is 5.75 Å². The smallest absolute Gasteiger partial charge is 0.148 e. The highest BCUT2D eigenvalue weighted by Crippen LogP contribution is 2.37. The fourth-order valence-electron chi connectivity index (χ4n) is 2.97. The van der Waals surface area contributed by atoms with Gasteiger partial charge in [0.05, 0.1) is 35.9 Å². The van der Waals surface area contributed by atoms with Gasteiger partial charge in [-0.3, -0.25) is 0 Å². The van der Waals surface area contributed by atoms with Gasteiger partial charge in [-0.25, -0.2) is 9.38 Å². The van der Waals surface area contributed by atoms with Crippen molar-refractivity contribution in [3.05, 3.63) is 46.7 Å². The van der Waals surface area contributed by atoms with Gasteiger partial charge in [-0.15, -0.1) is 0 Å². The minimum atomic E-state index is -0.464. The zero-order valence-electron chi connectivity index (χ0n) is 13.8. The number of nitrogens with zero attached hydrogens (tertiary/aromatic N) is 1. The first-order valence-corrected chi connectivity index (χ1v) is 8.65. The van der Waals surface area contributed by atoms with E-state index >= 15 is 0 Å². The van der Waals surface area contributed by atoms with Gasteiger partial charge in [0.1, 0.15) is 23.8 Å². The zero-order chi connectivity index (χ0) is 18.1. The first-order valence-electron chi connectivity index (χ1n) is 8.28. The monoisotopic (exact) mass is 376 g/mol. The molecule has 0 spiro atoms. The van der Waals surface area contributed by atoms with Gasteiger partial charge in [-0.2, -0.15) is 0 Å². The van der Waals surface area contributed by atoms with Crippen LogP contribution in [0.25, 0.3) is 0 Å². The summed E-state index contributed by atoms with van der Waals surface area (Å²) in [5.41, 5.74) is 9.07. The van der Waals surface area contributed by atoms with Crippen molar-refractivity contribution in [1.82, 2.24) is 0 Å². The number of benzene rings is 2. The Labute approximate surface area is 155 Å². The first-order chi connectivity index (χ1) is 12.6. The van der Waals surface area contributed by atoms with Crippen molar-refractivity contribution in [3.8, 4) is 5.75 Å². The minimum Gasteiger partial charge on any atom is -0.486 e. The van der Waals surface area contributed by atoms with Crippen LogP contribution in [0.4, 0.5) is 21.5 Å². The molecular weight excluding hydrogens is 359 g/mol. The van der Waals surface area contributed by atoms with Crippen LogP contribution in [0.1, 0.15) is 18.2 Å². The molecule has 1 fully saturated rings. The standard InChI is InChI=1S/C18H18ClFN4O2/c19-13-5-10(1-2-14(13)20)24-18-12-6-15(21)17(7-16(12)22-9-23-18)26-11-3-4-25-8-11/h1-2,5-7,9,11,18,24H,3-4,8,21H2,(H,22,23). The second-order valence-electron chi connectivity index (χ2n) is 6.18. The maximum Gasteiger partial charge on any atom is 0.148 e. The van der Waals surface area contributed by atoms with Gasteiger partial charge in [0, 0.05) is 23.7 Å². The summed E-state index contributed by atoms with van der Waals surface area (Å²) in [7, 11) is 0. The molecule has 0 aliphatic carbocycles. The van der Waals surface area contributed by atoms with Gasteiger partial charge >= 0.3 is 0 Å². The van der Waals surface area contributed by atoms with E-state index < -0.39 is 5.82 Å². The molecule has 1 saturated heterocycles. The molecule has 2 aliphatic heterocycles. The number of hydrogen-bond donors (Lipinski definition) is 3. The molecule has 8 heteroatoms. The van der Waals surface area contributed by atoms with E-state index in [0.717, 1.165) is 17.7 Å². The molecule has 0 saturated carbocycles. The third-order valence-electron chi connectivity index (χ3n) is 4.32. The minimum absolute atomic E-state index is 0.0166. The molecule has 2 atom stereocenters. The van der Waals surface area contributed by atoms with Crippen molar-refractivity contribution < 1.29 is 13.9 Å². The second kappa shape index (κ2) is 7.01. The van der Waals surface area contributed by atoms with Crippen LogP contribution in [0.3, 0.4) is 0 Å². The molecule has 136 valence electrons. The Morgan fingerprint density at radius 2 is 2.23 bits per heavy atom. The predicted octanol–water partition coefficient (Wildman–Crippen LogP) is 3.79. The van der Waals surface area contributed by atoms with Crippen LogP contribution in [0, 0.1) is 5.82 Å². The lowest BCUT2D eigenvalue weighted by atomic mass is 10.1. The lowest BCUT2D eigenvalue weighted by Crippen LogP contribution is -2.19. The molecular formula is C18H18ClFN4O2. The Bertz CT molecular complexity index is 855. The molecule has 2 aliphatic rings. The van der Waals surface area contributed by atoms with E-state index in [1.807, 2.05) is 12.1 Å². The number of ether oxygens (including phenoxy) is 2. The summed E-state index contributed by atoms with van der Waals surface area (Å²) in [4.78, 5) is 4.39. The summed E-state index contributed by atoms with van der Waals surface area (Å²) in [6.07, 6.45) is 2.09. The Kier molecular flexibility index (Phi) is 4.57. The van der Waals surface area contributed by atoms with Gasteiger partial charge in [0.15, 0.2) is 0 Å². The average molecular weight is 377 g/mol. The number of nitrogens with one attached hydrogen (secondary N) is 2. The summed E-state index contributed by atoms with van der Waals surface area (Å²) in [6.45, 7) is 1.27. The zero-order valence-corrected chi connectivity index (χ0v) is 14.6. The summed E-state index contributed by atoms with van der Waals surface area (Å²) in [5, 5.41) is 6.38. The van der Waals surface area contributed by atoms with Crippen LogP contribution in [-0.2, 0) is 4.74 Å². The largest absolute Gasteiger partial charge is 0.486 e. The van der Waals surface area contributed by atoms with Crippen molar-refractivity contribution in [3.63, 3.8) is 0 Å². The molecule has 4 rings (SSSR count). The third-order valence-corrected chi connectivity index (χ3v) is 4.61. The fraction of sp³-hybridized carbons (Fsp3) is 0.278. The Balaban J connectivity index is 1.58. The SMILES string of the molecule is Nc1cc2c(cc1OC1CCOC1)NC=NC2Nc1ccc(F)c(Cl)c1. The normalized spacial score (nSPS) is 21.2. The number of anilines is 3. The predicted molar refractivity (Wildman–Crippen MR) is 101 cm³/mol. The van der Waals surface area contributed by atoms with E-state index in [1.54, 1.807) is 12.4 Å². The van der Waals surface area contributed by atoms with Gasteiger partial charge in [0.2, 0.25) is 0 Å². The highest BCUT2D eigenvalue weighted by Gasteiger charge is 2.23. The quantitative estimate of drug-likeness (QED) is 0.707. The van der Waals surface area contributed by atoms with E-state index in [-0.39, 0.29) is 17.3 Å². The molecule has 0 bridgehead atoms. The van der Waals surface area contributed by atoms with Crippen molar-refractivity contribution in [1.29, 1.82) is 0 Å². The van der Waals surface area contributed by atoms with Gasteiger partial charge in [-0.05, 0) is 24.3 Å². The molecule has 0 radical (unpaired) electrons. The maximum atomic E-state index is 13.3. The molecule has 0 amide bonds. The van der Waals surface area contributed by atoms with E-state index in [4.69, 9.17) is 26.8 Å². The van der Waals surface area contributed by atoms with E-state index in [1.165, 1.54) is 12.1 Å². The summed E-state index contributed by atoms with van der Waals surface area (Å²) in [5.74, 6) is 0.152. The average Bonchev–Trinajstić information content (AvgIpc) is 3.13. The maximum absolute atomic E-state index is 13.3. The lowest BCUT2D eigenvalue weighted by Gasteiger charge is -2.25. The van der Waals surface area contributed by atoms with Crippen LogP contribution >= 0.6 is 11.6 Å². The van der Waals surface area contributed by atoms with Crippen molar-refractivity contribution in [2.75, 3.05) is 29.6 Å². The van der Waals surface area contributed by atoms with Crippen molar-refractivity contribution in [2.45, 2.75) is 18.7 Å². The van der Waals surface area contributed by atoms with Gasteiger partial charge in [-0.1, -0.05) is 11.6 Å². The highest BCUT2D eigenvalue weighted by atomic mass is 35.5. The topological polar surface area (TPSA) is 80.9 Å². The Morgan fingerprint density at radius 3 is 3.00 bits per heavy atom. The number of nitrogens with two attached hydrogens (primary N) is 1. The van der Waals surface area contributed by atoms with E-state index in [0.29, 0.717) is 30.3 Å². The third kappa shape index (κ3) is 3.40. The molecule has 2 aromatic rings. The van der Waals surface area contributed by atoms with Crippen LogP contribution in [0.15, 0.2) is 35.3 Å². The van der Waals surface area contributed by atoms with Gasteiger partial charge in [0.25, 0.3) is 0 Å². The number of rotatable bonds is 4. The van der Waals surface area contributed by atoms with E-state index in [2.05, 4.69) is 15.6 Å². The summed E-state index contributed by atoms with van der Waals surface area (Å²) in [6, 6.07) is 8.13. The van der Waals surface area contributed by atoms with Crippen LogP contribution in [-0.4, -0.2) is 25.7 Å². The second-order valence-corrected chi connectivity index (χ2v) is 6.59. The number of nitrogen functional groups attached to an aromatic ring is 1. The first kappa shape index (κ1) is 16.9. The molecule has 2 heterocycles. The van der Waals surface area contributed by atoms with Crippen molar-refractivity contribution in [2.24, 2.45) is 4.99 Å². The highest BCUT2D eigenvalue weighted by molar-refractivity contribution is 6.31. The van der Waals surface area contributed by atoms with Crippen LogP contribution < -0.4 is 21.1 Å². The number of halogens is 2. The summed E-state index contributed by atoms with van der Waals surface area (Å²) < 4.78 is 24.6. The Hall–Kier alpha value is -2.51. The van der Waals surface area contributed by atoms with E-state index in [9.17, 15) is 4.39 Å². The number of fused-ring (bicyclic) bond motifs is 1. The molecule has 2 aromatic carbocycles. The number of aliphatic imine (C=N–C) groups is 1. The fourth-order valence-corrected chi connectivity index (χ4v) is 3.15. The molecule has 0 aromatic heterocycles. The van der Waals surface area contributed by atoms with Crippen LogP contribution in [0.2, 0.25) is 5.02 Å². The Morgan fingerprint density at radius 1 is 1.35 bits per heavy atom. The lowest BCUT2D eigenvalue weighted by molar-refractivity contribution is 0.142.